The Morgan fingerprint density at radius 2 is 2.00 bits per heavy atom. The first kappa shape index (κ1) is 5.90. The molecule has 2 aromatic heterocycles. The van der Waals surface area contributed by atoms with E-state index in [1.807, 2.05) is 0 Å². The number of hydrogen-bond donors (Lipinski definition) is 2. The van der Waals surface area contributed by atoms with Crippen LogP contribution in [0.25, 0.3) is 5.65 Å². The molecule has 0 aliphatic carbocycles. The minimum absolute atomic E-state index is 0.243. The van der Waals surface area contributed by atoms with E-state index in [2.05, 4.69) is 15.3 Å². The first-order chi connectivity index (χ1) is 5.27. The van der Waals surface area contributed by atoms with Crippen molar-refractivity contribution in [3.63, 3.8) is 0 Å². The fourth-order valence-electron chi connectivity index (χ4n) is 0.820. The van der Waals surface area contributed by atoms with E-state index in [4.69, 9.17) is 11.5 Å². The van der Waals surface area contributed by atoms with Gasteiger partial charge in [-0.05, 0) is 12.1 Å². The maximum Gasteiger partial charge on any atom is 0.243 e. The highest BCUT2D eigenvalue weighted by atomic mass is 15.4. The fourth-order valence-corrected chi connectivity index (χ4v) is 0.820. The van der Waals surface area contributed by atoms with Crippen molar-refractivity contribution in [3.05, 3.63) is 12.1 Å². The number of nitrogens with zero attached hydrogens (tertiary/aromatic N) is 4. The summed E-state index contributed by atoms with van der Waals surface area (Å²) in [5.74, 6) is 0.635. The Bertz CT molecular complexity index is 391. The van der Waals surface area contributed by atoms with Crippen LogP contribution in [0.4, 0.5) is 11.8 Å². The second-order valence-electron chi connectivity index (χ2n) is 2.09. The zero-order valence-electron chi connectivity index (χ0n) is 5.60. The summed E-state index contributed by atoms with van der Waals surface area (Å²) in [7, 11) is 0. The normalized spacial score (nSPS) is 10.5. The molecule has 2 aromatic rings. The summed E-state index contributed by atoms with van der Waals surface area (Å²) in [5, 5.41) is 11.2. The van der Waals surface area contributed by atoms with Crippen LogP contribution in [0.15, 0.2) is 12.1 Å². The van der Waals surface area contributed by atoms with Crippen molar-refractivity contribution in [1.82, 2.24) is 19.8 Å². The van der Waals surface area contributed by atoms with Crippen LogP contribution in [0.3, 0.4) is 0 Å². The third kappa shape index (κ3) is 0.759. The van der Waals surface area contributed by atoms with Crippen LogP contribution in [0, 0.1) is 0 Å². The summed E-state index contributed by atoms with van der Waals surface area (Å²) in [6, 6.07) is 3.34. The van der Waals surface area contributed by atoms with E-state index in [-0.39, 0.29) is 5.95 Å². The lowest BCUT2D eigenvalue weighted by molar-refractivity contribution is 0.949. The topological polar surface area (TPSA) is 95.1 Å². The first-order valence-electron chi connectivity index (χ1n) is 3.01. The van der Waals surface area contributed by atoms with Crippen molar-refractivity contribution >= 4 is 17.4 Å². The lowest BCUT2D eigenvalue weighted by atomic mass is 10.5. The van der Waals surface area contributed by atoms with Crippen molar-refractivity contribution < 1.29 is 0 Å². The zero-order valence-corrected chi connectivity index (χ0v) is 5.60. The van der Waals surface area contributed by atoms with Crippen LogP contribution < -0.4 is 11.5 Å². The van der Waals surface area contributed by atoms with Crippen molar-refractivity contribution in [2.45, 2.75) is 0 Å². The van der Waals surface area contributed by atoms with E-state index in [1.165, 1.54) is 4.52 Å². The van der Waals surface area contributed by atoms with E-state index in [9.17, 15) is 0 Å². The van der Waals surface area contributed by atoms with E-state index in [0.717, 1.165) is 0 Å². The molecule has 0 fully saturated rings. The smallest absolute Gasteiger partial charge is 0.243 e. The number of anilines is 2. The number of fused-ring (bicyclic) bond motifs is 1. The second kappa shape index (κ2) is 1.82. The van der Waals surface area contributed by atoms with Gasteiger partial charge in [0.15, 0.2) is 5.65 Å². The van der Waals surface area contributed by atoms with Crippen LogP contribution in [-0.2, 0) is 0 Å². The highest BCUT2D eigenvalue weighted by Crippen LogP contribution is 2.03. The second-order valence-corrected chi connectivity index (χ2v) is 2.09. The monoisotopic (exact) mass is 150 g/mol. The van der Waals surface area contributed by atoms with Gasteiger partial charge in [-0.25, -0.2) is 0 Å². The van der Waals surface area contributed by atoms with Crippen LogP contribution in [-0.4, -0.2) is 19.8 Å². The van der Waals surface area contributed by atoms with E-state index in [1.54, 1.807) is 12.1 Å². The number of nitrogen functional groups attached to an aromatic ring is 2. The summed E-state index contributed by atoms with van der Waals surface area (Å²) >= 11 is 0. The molecule has 4 N–H and O–H groups in total. The van der Waals surface area contributed by atoms with Gasteiger partial charge in [0.1, 0.15) is 5.82 Å². The maximum absolute atomic E-state index is 5.42. The lowest BCUT2D eigenvalue weighted by Crippen LogP contribution is -2.01. The summed E-state index contributed by atoms with van der Waals surface area (Å²) in [6.45, 7) is 0. The van der Waals surface area contributed by atoms with Gasteiger partial charge in [-0.1, -0.05) is 0 Å². The zero-order chi connectivity index (χ0) is 7.84. The lowest BCUT2D eigenvalue weighted by Gasteiger charge is -1.92. The molecule has 0 aliphatic heterocycles. The van der Waals surface area contributed by atoms with Gasteiger partial charge in [0.25, 0.3) is 0 Å². The molecule has 2 rings (SSSR count). The van der Waals surface area contributed by atoms with E-state index >= 15 is 0 Å². The standard InChI is InChI=1S/C5H6N6/c6-3-1-2-4-8-9-5(7)11(4)10-3/h1-2H,(H2,6,10)(H2,7,9). The molecule has 0 radical (unpaired) electrons. The molecule has 0 spiro atoms. The SMILES string of the molecule is Nc1ccc2nnc(N)n2n1. The third-order valence-corrected chi connectivity index (χ3v) is 1.31. The number of rotatable bonds is 0. The van der Waals surface area contributed by atoms with Gasteiger partial charge < -0.3 is 11.5 Å². The highest BCUT2D eigenvalue weighted by Gasteiger charge is 2.00. The molecule has 0 aliphatic rings. The largest absolute Gasteiger partial charge is 0.382 e. The Hall–Kier alpha value is -1.85. The Kier molecular flexibility index (Phi) is 0.974. The van der Waals surface area contributed by atoms with Gasteiger partial charge in [0.2, 0.25) is 5.95 Å². The van der Waals surface area contributed by atoms with Gasteiger partial charge in [-0.15, -0.1) is 15.3 Å². The predicted molar refractivity (Wildman–Crippen MR) is 39.6 cm³/mol. The highest BCUT2D eigenvalue weighted by molar-refractivity contribution is 5.44. The first-order valence-corrected chi connectivity index (χ1v) is 3.01. The quantitative estimate of drug-likeness (QED) is 0.517. The van der Waals surface area contributed by atoms with Gasteiger partial charge in [-0.2, -0.15) is 4.52 Å². The molecule has 0 saturated carbocycles. The van der Waals surface area contributed by atoms with Crippen LogP contribution in [0.5, 0.6) is 0 Å². The molecule has 0 bridgehead atoms. The van der Waals surface area contributed by atoms with E-state index in [0.29, 0.717) is 11.5 Å². The molecule has 0 atom stereocenters. The van der Waals surface area contributed by atoms with Gasteiger partial charge >= 0.3 is 0 Å². The minimum Gasteiger partial charge on any atom is -0.382 e. The minimum atomic E-state index is 0.243. The van der Waals surface area contributed by atoms with Crippen LogP contribution in [0.2, 0.25) is 0 Å². The average Bonchev–Trinajstić information content (AvgIpc) is 2.33. The van der Waals surface area contributed by atoms with Crippen molar-refractivity contribution in [2.75, 3.05) is 11.5 Å². The fraction of sp³-hybridized carbons (Fsp3) is 0. The third-order valence-electron chi connectivity index (χ3n) is 1.31. The van der Waals surface area contributed by atoms with Crippen molar-refractivity contribution in [2.24, 2.45) is 0 Å². The Morgan fingerprint density at radius 1 is 1.18 bits per heavy atom. The molecule has 0 saturated heterocycles. The number of aromatic nitrogens is 4. The summed E-state index contributed by atoms with van der Waals surface area (Å²) in [4.78, 5) is 0. The van der Waals surface area contributed by atoms with Crippen molar-refractivity contribution in [3.8, 4) is 0 Å². The van der Waals surface area contributed by atoms with Gasteiger partial charge in [-0.3, -0.25) is 0 Å². The number of nitrogens with two attached hydrogens (primary N) is 2. The van der Waals surface area contributed by atoms with Crippen LogP contribution in [0.1, 0.15) is 0 Å². The molecular weight excluding hydrogens is 144 g/mol. The van der Waals surface area contributed by atoms with E-state index < -0.39 is 0 Å². The van der Waals surface area contributed by atoms with Crippen LogP contribution >= 0.6 is 0 Å². The summed E-state index contributed by atoms with van der Waals surface area (Å²) in [6.07, 6.45) is 0. The maximum atomic E-state index is 5.42. The van der Waals surface area contributed by atoms with Gasteiger partial charge in [0, 0.05) is 0 Å². The van der Waals surface area contributed by atoms with Crippen molar-refractivity contribution in [1.29, 1.82) is 0 Å². The molecule has 0 amide bonds. The Labute approximate surface area is 61.8 Å². The average molecular weight is 150 g/mol. The molecular formula is C5H6N6. The molecule has 6 heteroatoms. The molecule has 0 aromatic carbocycles. The Balaban J connectivity index is 2.87. The number of hydrogen-bond acceptors (Lipinski definition) is 5. The molecule has 0 unspecified atom stereocenters. The Morgan fingerprint density at radius 3 is 2.82 bits per heavy atom. The molecule has 56 valence electrons. The summed E-state index contributed by atoms with van der Waals surface area (Å²) < 4.78 is 1.38. The molecule has 2 heterocycles. The molecule has 11 heavy (non-hydrogen) atoms. The molecule has 6 nitrogen and oxygen atoms in total. The van der Waals surface area contributed by atoms with Gasteiger partial charge in [0.05, 0.1) is 0 Å². The predicted octanol–water partition coefficient (Wildman–Crippen LogP) is -0.711. The summed E-state index contributed by atoms with van der Waals surface area (Å²) in [5.41, 5.74) is 11.4.